The van der Waals surface area contributed by atoms with Gasteiger partial charge in [-0.15, -0.1) is 11.3 Å². The molecule has 0 radical (unpaired) electrons. The van der Waals surface area contributed by atoms with Crippen LogP contribution in [0, 0.1) is 0 Å². The zero-order chi connectivity index (χ0) is 30.2. The van der Waals surface area contributed by atoms with Crippen molar-refractivity contribution in [2.24, 2.45) is 5.73 Å². The normalized spacial score (nSPS) is 15.1. The maximum absolute atomic E-state index is 13.6. The predicted molar refractivity (Wildman–Crippen MR) is 152 cm³/mol. The first kappa shape index (κ1) is 29.3. The number of primary amides is 1. The van der Waals surface area contributed by atoms with E-state index in [1.54, 1.807) is 42.2 Å². The second-order valence-electron chi connectivity index (χ2n) is 10.2. The van der Waals surface area contributed by atoms with Gasteiger partial charge in [-0.3, -0.25) is 19.2 Å². The topological polar surface area (TPSA) is 110 Å². The number of alkyl halides is 3. The number of thiophene rings is 1. The second kappa shape index (κ2) is 11.6. The zero-order valence-corrected chi connectivity index (χ0v) is 24.1. The SMILES string of the molecule is C[C@@H](Oc1cc(-n2cnc3cnc(CN4CCN(C(=O)N(C)C)CC4)cc32)sc1C(N)=O)c1ccccc1C(F)(F)F. The summed E-state index contributed by atoms with van der Waals surface area (Å²) in [7, 11) is 3.47. The van der Waals surface area contributed by atoms with E-state index in [9.17, 15) is 22.8 Å². The third kappa shape index (κ3) is 6.04. The number of carbonyl (C=O) groups excluding carboxylic acids is 2. The fraction of sp³-hybridized carbons (Fsp3) is 0.357. The number of halogens is 3. The minimum atomic E-state index is -4.56. The Morgan fingerprint density at radius 3 is 2.50 bits per heavy atom. The van der Waals surface area contributed by atoms with Crippen LogP contribution in [0.5, 0.6) is 5.75 Å². The smallest absolute Gasteiger partial charge is 0.416 e. The van der Waals surface area contributed by atoms with Gasteiger partial charge in [-0.2, -0.15) is 13.2 Å². The Morgan fingerprint density at radius 1 is 1.12 bits per heavy atom. The Kier molecular flexibility index (Phi) is 8.10. The number of urea groups is 1. The highest BCUT2D eigenvalue weighted by molar-refractivity contribution is 7.16. The maximum Gasteiger partial charge on any atom is 0.416 e. The minimum absolute atomic E-state index is 0.00771. The molecule has 4 aromatic rings. The lowest BCUT2D eigenvalue weighted by Gasteiger charge is -2.35. The molecule has 0 saturated carbocycles. The number of benzene rings is 1. The molecule has 14 heteroatoms. The van der Waals surface area contributed by atoms with Crippen molar-refractivity contribution >= 4 is 34.3 Å². The van der Waals surface area contributed by atoms with E-state index in [-0.39, 0.29) is 22.2 Å². The van der Waals surface area contributed by atoms with Gasteiger partial charge in [0.1, 0.15) is 33.6 Å². The van der Waals surface area contributed by atoms with Gasteiger partial charge >= 0.3 is 12.2 Å². The monoisotopic (exact) mass is 601 g/mol. The van der Waals surface area contributed by atoms with E-state index in [4.69, 9.17) is 10.5 Å². The number of nitrogens with zero attached hydrogens (tertiary/aromatic N) is 6. The molecule has 1 fully saturated rings. The third-order valence-electron chi connectivity index (χ3n) is 7.06. The lowest BCUT2D eigenvalue weighted by Crippen LogP contribution is -2.51. The Bertz CT molecular complexity index is 1610. The molecule has 5 rings (SSSR count). The number of hydrogen-bond donors (Lipinski definition) is 1. The van der Waals surface area contributed by atoms with Gasteiger partial charge in [0.15, 0.2) is 0 Å². The predicted octanol–water partition coefficient (Wildman–Crippen LogP) is 4.54. The summed E-state index contributed by atoms with van der Waals surface area (Å²) >= 11 is 1.06. The van der Waals surface area contributed by atoms with Crippen LogP contribution >= 0.6 is 11.3 Å². The molecule has 1 aliphatic rings. The van der Waals surface area contributed by atoms with Crippen LogP contribution in [0.2, 0.25) is 0 Å². The van der Waals surface area contributed by atoms with Crippen LogP contribution in [-0.4, -0.2) is 81.4 Å². The van der Waals surface area contributed by atoms with Crippen LogP contribution in [0.25, 0.3) is 16.0 Å². The van der Waals surface area contributed by atoms with Gasteiger partial charge in [-0.25, -0.2) is 9.78 Å². The maximum atomic E-state index is 13.6. The van der Waals surface area contributed by atoms with Crippen molar-refractivity contribution in [1.29, 1.82) is 0 Å². The molecule has 1 saturated heterocycles. The van der Waals surface area contributed by atoms with E-state index >= 15 is 0 Å². The van der Waals surface area contributed by atoms with E-state index < -0.39 is 23.8 Å². The molecule has 0 unspecified atom stereocenters. The first-order chi connectivity index (χ1) is 19.9. The van der Waals surface area contributed by atoms with Crippen molar-refractivity contribution in [3.63, 3.8) is 0 Å². The number of piperazine rings is 1. The van der Waals surface area contributed by atoms with Crippen LogP contribution in [0.3, 0.4) is 0 Å². The number of aromatic nitrogens is 3. The number of rotatable bonds is 7. The van der Waals surface area contributed by atoms with Crippen LogP contribution in [0.4, 0.5) is 18.0 Å². The first-order valence-electron chi connectivity index (χ1n) is 13.2. The molecule has 4 heterocycles. The highest BCUT2D eigenvalue weighted by Crippen LogP contribution is 2.39. The Morgan fingerprint density at radius 2 is 1.83 bits per heavy atom. The molecular weight excluding hydrogens is 571 g/mol. The van der Waals surface area contributed by atoms with Gasteiger partial charge in [0.2, 0.25) is 0 Å². The molecule has 1 aromatic carbocycles. The number of carbonyl (C=O) groups is 2. The van der Waals surface area contributed by atoms with Gasteiger partial charge in [0.05, 0.1) is 23.0 Å². The van der Waals surface area contributed by atoms with Crippen molar-refractivity contribution in [3.05, 3.63) is 70.6 Å². The number of nitrogens with two attached hydrogens (primary N) is 1. The molecule has 10 nitrogen and oxygen atoms in total. The molecule has 42 heavy (non-hydrogen) atoms. The summed E-state index contributed by atoms with van der Waals surface area (Å²) in [5.41, 5.74) is 6.94. The number of ether oxygens (including phenoxy) is 1. The van der Waals surface area contributed by atoms with Crippen LogP contribution in [0.15, 0.2) is 48.9 Å². The highest BCUT2D eigenvalue weighted by atomic mass is 32.1. The highest BCUT2D eigenvalue weighted by Gasteiger charge is 2.35. The van der Waals surface area contributed by atoms with E-state index in [1.807, 2.05) is 11.0 Å². The first-order valence-corrected chi connectivity index (χ1v) is 14.0. The standard InChI is InChI=1S/C28H30F3N7O3S/c1-17(19-6-4-5-7-20(19)28(29,30)31)41-23-13-24(42-25(23)26(32)39)38-16-34-21-14-33-18(12-22(21)38)15-36-8-10-37(11-9-36)27(40)35(2)3/h4-7,12-14,16-17H,8-11,15H2,1-3H3,(H2,32,39)/t17-/m1/s1. The Hall–Kier alpha value is -4.17. The minimum Gasteiger partial charge on any atom is -0.484 e. The lowest BCUT2D eigenvalue weighted by molar-refractivity contribution is -0.139. The second-order valence-corrected chi connectivity index (χ2v) is 11.2. The number of hydrogen-bond acceptors (Lipinski definition) is 7. The van der Waals surface area contributed by atoms with Crippen LogP contribution < -0.4 is 10.5 Å². The third-order valence-corrected chi connectivity index (χ3v) is 8.19. The fourth-order valence-corrected chi connectivity index (χ4v) is 5.86. The van der Waals surface area contributed by atoms with Gasteiger partial charge < -0.3 is 20.3 Å². The molecule has 1 aliphatic heterocycles. The number of fused-ring (bicyclic) bond motifs is 1. The van der Waals surface area contributed by atoms with E-state index in [0.717, 1.165) is 28.6 Å². The zero-order valence-electron chi connectivity index (χ0n) is 23.3. The molecule has 0 spiro atoms. The molecular formula is C28H30F3N7O3S. The fourth-order valence-electron chi connectivity index (χ4n) is 4.93. The van der Waals surface area contributed by atoms with Crippen molar-refractivity contribution in [2.45, 2.75) is 25.7 Å². The average molecular weight is 602 g/mol. The Balaban J connectivity index is 1.38. The summed E-state index contributed by atoms with van der Waals surface area (Å²) < 4.78 is 48.4. The number of imidazole rings is 1. The summed E-state index contributed by atoms with van der Waals surface area (Å²) in [4.78, 5) is 39.2. The molecule has 0 aliphatic carbocycles. The molecule has 3 amide bonds. The molecule has 1 atom stereocenters. The summed E-state index contributed by atoms with van der Waals surface area (Å²) in [6.07, 6.45) is -2.31. The summed E-state index contributed by atoms with van der Waals surface area (Å²) in [5, 5.41) is 0.561. The molecule has 2 N–H and O–H groups in total. The van der Waals surface area contributed by atoms with Gasteiger partial charge in [-0.1, -0.05) is 18.2 Å². The molecule has 222 valence electrons. The van der Waals surface area contributed by atoms with E-state index in [2.05, 4.69) is 14.9 Å². The van der Waals surface area contributed by atoms with Gasteiger partial charge in [0.25, 0.3) is 5.91 Å². The van der Waals surface area contributed by atoms with Crippen molar-refractivity contribution < 1.29 is 27.5 Å². The number of pyridine rings is 1. The van der Waals surface area contributed by atoms with Crippen LogP contribution in [0.1, 0.15) is 39.5 Å². The summed E-state index contributed by atoms with van der Waals surface area (Å²) in [6, 6.07) is 8.65. The molecule has 3 aromatic heterocycles. The van der Waals surface area contributed by atoms with Crippen molar-refractivity contribution in [3.8, 4) is 10.8 Å². The largest absolute Gasteiger partial charge is 0.484 e. The Labute approximate surface area is 244 Å². The van der Waals surface area contributed by atoms with Crippen molar-refractivity contribution in [2.75, 3.05) is 40.3 Å². The van der Waals surface area contributed by atoms with E-state index in [0.29, 0.717) is 43.2 Å². The van der Waals surface area contributed by atoms with E-state index in [1.165, 1.54) is 25.1 Å². The quantitative estimate of drug-likeness (QED) is 0.333. The number of amides is 3. The average Bonchev–Trinajstić information content (AvgIpc) is 3.56. The van der Waals surface area contributed by atoms with Gasteiger partial charge in [0, 0.05) is 58.4 Å². The lowest BCUT2D eigenvalue weighted by atomic mass is 10.0. The molecule has 0 bridgehead atoms. The van der Waals surface area contributed by atoms with Crippen molar-refractivity contribution in [1.82, 2.24) is 29.2 Å². The van der Waals surface area contributed by atoms with Crippen LogP contribution in [-0.2, 0) is 12.7 Å². The van der Waals surface area contributed by atoms with Gasteiger partial charge in [-0.05, 0) is 19.1 Å². The summed E-state index contributed by atoms with van der Waals surface area (Å²) in [6.45, 7) is 4.73. The summed E-state index contributed by atoms with van der Waals surface area (Å²) in [5.74, 6) is -0.663.